The molecule has 1 unspecified atom stereocenters. The maximum Gasteiger partial charge on any atom is 0.321 e. The van der Waals surface area contributed by atoms with E-state index < -0.39 is 12.0 Å². The zero-order chi connectivity index (χ0) is 16.5. The number of hydrogen-bond acceptors (Lipinski definition) is 4. The molecule has 0 aliphatic carbocycles. The van der Waals surface area contributed by atoms with Gasteiger partial charge in [0.25, 0.3) is 0 Å². The number of Topliss-reactive ketones (excluding diaryl/α,β-unsaturated/α-hetero) is 1. The summed E-state index contributed by atoms with van der Waals surface area (Å²) in [5.41, 5.74) is 0.473. The fourth-order valence-electron chi connectivity index (χ4n) is 2.12. The number of carboxylic acid groups (broad SMARTS) is 1. The van der Waals surface area contributed by atoms with Gasteiger partial charge in [0.15, 0.2) is 5.78 Å². The van der Waals surface area contributed by atoms with E-state index in [-0.39, 0.29) is 12.2 Å². The van der Waals surface area contributed by atoms with E-state index in [2.05, 4.69) is 24.1 Å². The van der Waals surface area contributed by atoms with Crippen molar-refractivity contribution in [2.45, 2.75) is 26.3 Å². The van der Waals surface area contributed by atoms with Crippen LogP contribution in [0.15, 0.2) is 24.3 Å². The van der Waals surface area contributed by atoms with Gasteiger partial charge in [0, 0.05) is 30.1 Å². The van der Waals surface area contributed by atoms with E-state index in [4.69, 9.17) is 11.6 Å². The molecule has 2 N–H and O–H groups in total. The highest BCUT2D eigenvalue weighted by molar-refractivity contribution is 6.30. The minimum atomic E-state index is -1.01. The van der Waals surface area contributed by atoms with Gasteiger partial charge < -0.3 is 15.3 Å². The van der Waals surface area contributed by atoms with Crippen LogP contribution in [0, 0.1) is 0 Å². The number of ketones is 1. The molecule has 0 fully saturated rings. The van der Waals surface area contributed by atoms with E-state index in [0.717, 1.165) is 19.6 Å². The van der Waals surface area contributed by atoms with Crippen molar-refractivity contribution in [3.05, 3.63) is 34.9 Å². The number of carbonyl (C=O) groups excluding carboxylic acids is 1. The Morgan fingerprint density at radius 1 is 1.23 bits per heavy atom. The molecule has 1 aromatic rings. The van der Waals surface area contributed by atoms with Crippen molar-refractivity contribution >= 4 is 23.4 Å². The molecular formula is C16H23ClN2O3. The first-order valence-corrected chi connectivity index (χ1v) is 7.83. The molecule has 1 aromatic carbocycles. The van der Waals surface area contributed by atoms with Crippen molar-refractivity contribution < 1.29 is 14.7 Å². The molecule has 0 bridgehead atoms. The van der Waals surface area contributed by atoms with Crippen molar-refractivity contribution in [3.8, 4) is 0 Å². The second-order valence-corrected chi connectivity index (χ2v) is 5.44. The summed E-state index contributed by atoms with van der Waals surface area (Å²) in [6.45, 7) is 7.24. The quantitative estimate of drug-likeness (QED) is 0.646. The van der Waals surface area contributed by atoms with Crippen LogP contribution in [-0.4, -0.2) is 54.0 Å². The molecule has 0 amide bonds. The average Bonchev–Trinajstić information content (AvgIpc) is 2.50. The summed E-state index contributed by atoms with van der Waals surface area (Å²) in [6, 6.07) is 5.59. The molecule has 5 nitrogen and oxygen atoms in total. The molecule has 0 aliphatic heterocycles. The second-order valence-electron chi connectivity index (χ2n) is 5.01. The Kier molecular flexibility index (Phi) is 8.09. The Morgan fingerprint density at radius 2 is 1.82 bits per heavy atom. The van der Waals surface area contributed by atoms with Crippen molar-refractivity contribution in [2.75, 3.05) is 26.2 Å². The van der Waals surface area contributed by atoms with Crippen molar-refractivity contribution in [1.82, 2.24) is 10.2 Å². The lowest BCUT2D eigenvalue weighted by Gasteiger charge is -2.20. The van der Waals surface area contributed by atoms with Gasteiger partial charge in [-0.2, -0.15) is 0 Å². The van der Waals surface area contributed by atoms with Crippen LogP contribution in [0.3, 0.4) is 0 Å². The van der Waals surface area contributed by atoms with Crippen LogP contribution in [0.2, 0.25) is 5.02 Å². The summed E-state index contributed by atoms with van der Waals surface area (Å²) in [5.74, 6) is -1.22. The smallest absolute Gasteiger partial charge is 0.321 e. The van der Waals surface area contributed by atoms with Gasteiger partial charge in [0.1, 0.15) is 6.04 Å². The molecule has 0 aromatic heterocycles. The molecule has 122 valence electrons. The molecule has 0 saturated heterocycles. The number of benzene rings is 1. The van der Waals surface area contributed by atoms with Crippen LogP contribution < -0.4 is 5.32 Å². The van der Waals surface area contributed by atoms with Crippen LogP contribution in [0.25, 0.3) is 0 Å². The van der Waals surface area contributed by atoms with Gasteiger partial charge in [0.2, 0.25) is 0 Å². The van der Waals surface area contributed by atoms with E-state index in [1.54, 1.807) is 24.3 Å². The Labute approximate surface area is 136 Å². The molecule has 22 heavy (non-hydrogen) atoms. The number of aliphatic carboxylic acids is 1. The normalized spacial score (nSPS) is 12.4. The molecule has 0 spiro atoms. The summed E-state index contributed by atoms with van der Waals surface area (Å²) in [4.78, 5) is 25.6. The number of nitrogens with zero attached hydrogens (tertiary/aromatic N) is 1. The first kappa shape index (κ1) is 18.6. The maximum absolute atomic E-state index is 12.1. The average molecular weight is 327 g/mol. The number of carbonyl (C=O) groups is 2. The Morgan fingerprint density at radius 3 is 2.32 bits per heavy atom. The highest BCUT2D eigenvalue weighted by Gasteiger charge is 2.21. The number of carboxylic acids is 1. The highest BCUT2D eigenvalue weighted by Crippen LogP contribution is 2.12. The number of rotatable bonds is 10. The van der Waals surface area contributed by atoms with Crippen molar-refractivity contribution in [1.29, 1.82) is 0 Å². The number of halogens is 1. The van der Waals surface area contributed by atoms with E-state index in [1.807, 2.05) is 0 Å². The van der Waals surface area contributed by atoms with Gasteiger partial charge in [-0.25, -0.2) is 0 Å². The fourth-order valence-corrected chi connectivity index (χ4v) is 2.25. The lowest BCUT2D eigenvalue weighted by molar-refractivity contribution is -0.139. The molecule has 0 aliphatic rings. The van der Waals surface area contributed by atoms with E-state index >= 15 is 0 Å². The maximum atomic E-state index is 12.1. The van der Waals surface area contributed by atoms with Gasteiger partial charge in [-0.05, 0) is 37.4 Å². The Hall–Kier alpha value is -1.43. The van der Waals surface area contributed by atoms with E-state index in [0.29, 0.717) is 17.1 Å². The van der Waals surface area contributed by atoms with Gasteiger partial charge in [-0.3, -0.25) is 9.59 Å². The monoisotopic (exact) mass is 326 g/mol. The summed E-state index contributed by atoms with van der Waals surface area (Å²) >= 11 is 5.78. The van der Waals surface area contributed by atoms with E-state index in [1.165, 1.54) is 0 Å². The topological polar surface area (TPSA) is 69.6 Å². The molecule has 0 saturated carbocycles. The third-order valence-corrected chi connectivity index (χ3v) is 3.82. The Balaban J connectivity index is 2.55. The zero-order valence-electron chi connectivity index (χ0n) is 13.0. The first-order chi connectivity index (χ1) is 10.5. The minimum absolute atomic E-state index is 0.0742. The molecule has 6 heteroatoms. The molecular weight excluding hydrogens is 304 g/mol. The van der Waals surface area contributed by atoms with Gasteiger partial charge in [-0.15, -0.1) is 0 Å². The molecule has 1 atom stereocenters. The van der Waals surface area contributed by atoms with Crippen LogP contribution >= 0.6 is 11.6 Å². The second kappa shape index (κ2) is 9.56. The van der Waals surface area contributed by atoms with Gasteiger partial charge in [-0.1, -0.05) is 25.4 Å². The van der Waals surface area contributed by atoms with Crippen molar-refractivity contribution in [2.24, 2.45) is 0 Å². The molecule has 0 heterocycles. The zero-order valence-corrected chi connectivity index (χ0v) is 13.8. The van der Waals surface area contributed by atoms with Gasteiger partial charge >= 0.3 is 5.97 Å². The number of hydrogen-bond donors (Lipinski definition) is 2. The summed E-state index contributed by atoms with van der Waals surface area (Å²) in [5, 5.41) is 12.7. The van der Waals surface area contributed by atoms with E-state index in [9.17, 15) is 14.7 Å². The number of nitrogens with one attached hydrogen (secondary N) is 1. The van der Waals surface area contributed by atoms with Crippen molar-refractivity contribution in [3.63, 3.8) is 0 Å². The predicted molar refractivity (Wildman–Crippen MR) is 87.6 cm³/mol. The minimum Gasteiger partial charge on any atom is -0.480 e. The lowest BCUT2D eigenvalue weighted by Crippen LogP contribution is -2.42. The van der Waals surface area contributed by atoms with Crippen LogP contribution in [0.4, 0.5) is 0 Å². The molecule has 1 rings (SSSR count). The SMILES string of the molecule is CCN(CC)CCNC(CC(=O)c1ccc(Cl)cc1)C(=O)O. The summed E-state index contributed by atoms with van der Waals surface area (Å²) in [6.07, 6.45) is -0.0742. The van der Waals surface area contributed by atoms with Crippen LogP contribution in [0.5, 0.6) is 0 Å². The third kappa shape index (κ3) is 6.13. The fraction of sp³-hybridized carbons (Fsp3) is 0.500. The first-order valence-electron chi connectivity index (χ1n) is 7.45. The largest absolute Gasteiger partial charge is 0.480 e. The third-order valence-electron chi connectivity index (χ3n) is 3.57. The van der Waals surface area contributed by atoms with Crippen LogP contribution in [-0.2, 0) is 4.79 Å². The standard InChI is InChI=1S/C16H23ClN2O3/c1-3-19(4-2)10-9-18-14(16(21)22)11-15(20)12-5-7-13(17)8-6-12/h5-8,14,18H,3-4,9-11H2,1-2H3,(H,21,22). The Bertz CT molecular complexity index is 487. The molecule has 0 radical (unpaired) electrons. The summed E-state index contributed by atoms with van der Waals surface area (Å²) in [7, 11) is 0. The van der Waals surface area contributed by atoms with Crippen LogP contribution in [0.1, 0.15) is 30.6 Å². The summed E-state index contributed by atoms with van der Waals surface area (Å²) < 4.78 is 0. The number of likely N-dealkylation sites (N-methyl/N-ethyl adjacent to an activating group) is 1. The predicted octanol–water partition coefficient (Wildman–Crippen LogP) is 2.30. The van der Waals surface area contributed by atoms with Gasteiger partial charge in [0.05, 0.1) is 0 Å². The highest BCUT2D eigenvalue weighted by atomic mass is 35.5. The lowest BCUT2D eigenvalue weighted by atomic mass is 10.0.